The van der Waals surface area contributed by atoms with Crippen molar-refractivity contribution in [3.63, 3.8) is 0 Å². The van der Waals surface area contributed by atoms with Gasteiger partial charge < -0.3 is 20.5 Å². The van der Waals surface area contributed by atoms with Crippen LogP contribution in [0.4, 0.5) is 22.0 Å². The number of anilines is 1. The average molecular weight is 584 g/mol. The number of para-hydroxylation sites is 1. The van der Waals surface area contributed by atoms with Gasteiger partial charge in [0.2, 0.25) is 10.0 Å². The first-order valence-corrected chi connectivity index (χ1v) is 15.1. The molecule has 0 bridgehead atoms. The number of nitrogens with one attached hydrogen (secondary N) is 1. The lowest BCUT2D eigenvalue weighted by Gasteiger charge is -2.31. The van der Waals surface area contributed by atoms with E-state index in [1.54, 1.807) is 17.7 Å². The van der Waals surface area contributed by atoms with Crippen molar-refractivity contribution in [1.29, 1.82) is 0 Å². The summed E-state index contributed by atoms with van der Waals surface area (Å²) in [5.41, 5.74) is 8.11. The standard InChI is InChI=1S/C28H37N7O5S/c1-4-5-15-30-28(36)40-19-21-10-9-16-34(18-21)41(37,38)25-14-13-23(39-3)17-24(25)31-32-26-20(2)33-35(27(26)29)22-11-7-6-8-12-22/h6-8,11-14,17,21H,4-5,9-10,15-16,18-19,29H2,1-3H3,(H,30,36). The highest BCUT2D eigenvalue weighted by molar-refractivity contribution is 7.89. The lowest BCUT2D eigenvalue weighted by Crippen LogP contribution is -2.41. The van der Waals surface area contributed by atoms with Gasteiger partial charge in [-0.15, -0.1) is 10.2 Å². The number of amides is 1. The van der Waals surface area contributed by atoms with Gasteiger partial charge in [0, 0.05) is 31.6 Å². The van der Waals surface area contributed by atoms with E-state index >= 15 is 0 Å². The Balaban J connectivity index is 1.56. The number of aryl methyl sites for hydroxylation is 1. The number of methoxy groups -OCH3 is 1. The monoisotopic (exact) mass is 583 g/mol. The van der Waals surface area contributed by atoms with Crippen molar-refractivity contribution in [3.8, 4) is 11.4 Å². The van der Waals surface area contributed by atoms with Gasteiger partial charge in [0.25, 0.3) is 0 Å². The Morgan fingerprint density at radius 3 is 2.71 bits per heavy atom. The number of sulfonamides is 1. The number of benzene rings is 2. The fourth-order valence-electron chi connectivity index (χ4n) is 4.58. The summed E-state index contributed by atoms with van der Waals surface area (Å²) in [7, 11) is -2.46. The molecule has 3 N–H and O–H groups in total. The topological polar surface area (TPSA) is 154 Å². The number of rotatable bonds is 11. The number of aromatic nitrogens is 2. The number of nitrogens with two attached hydrogens (primary N) is 1. The minimum atomic E-state index is -3.95. The van der Waals surface area contributed by atoms with Crippen LogP contribution >= 0.6 is 0 Å². The molecule has 1 unspecified atom stereocenters. The smallest absolute Gasteiger partial charge is 0.407 e. The predicted molar refractivity (Wildman–Crippen MR) is 156 cm³/mol. The summed E-state index contributed by atoms with van der Waals surface area (Å²) in [4.78, 5) is 12.0. The van der Waals surface area contributed by atoms with Crippen LogP contribution < -0.4 is 15.8 Å². The average Bonchev–Trinajstić information content (AvgIpc) is 3.28. The third-order valence-corrected chi connectivity index (χ3v) is 8.75. The molecule has 1 saturated heterocycles. The van der Waals surface area contributed by atoms with Crippen LogP contribution in [0.25, 0.3) is 5.69 Å². The van der Waals surface area contributed by atoms with Crippen molar-refractivity contribution in [2.45, 2.75) is 44.4 Å². The van der Waals surface area contributed by atoms with E-state index in [1.165, 1.54) is 23.5 Å². The van der Waals surface area contributed by atoms with E-state index in [4.69, 9.17) is 15.2 Å². The quantitative estimate of drug-likeness (QED) is 0.235. The minimum absolute atomic E-state index is 0.00685. The molecule has 3 aromatic rings. The number of carbonyl (C=O) groups is 1. The zero-order chi connectivity index (χ0) is 29.4. The highest BCUT2D eigenvalue weighted by Gasteiger charge is 2.33. The van der Waals surface area contributed by atoms with Crippen molar-refractivity contribution in [2.75, 3.05) is 39.1 Å². The number of azo groups is 1. The predicted octanol–water partition coefficient (Wildman–Crippen LogP) is 5.11. The Morgan fingerprint density at radius 1 is 1.20 bits per heavy atom. The molecule has 1 fully saturated rings. The van der Waals surface area contributed by atoms with Gasteiger partial charge in [-0.25, -0.2) is 17.9 Å². The van der Waals surface area contributed by atoms with Crippen molar-refractivity contribution in [3.05, 3.63) is 54.2 Å². The lowest BCUT2D eigenvalue weighted by molar-refractivity contribution is 0.109. The zero-order valence-electron chi connectivity index (χ0n) is 23.6. The van der Waals surface area contributed by atoms with Gasteiger partial charge in [0.05, 0.1) is 25.1 Å². The maximum atomic E-state index is 13.8. The summed E-state index contributed by atoms with van der Waals surface area (Å²) in [5, 5.41) is 15.8. The van der Waals surface area contributed by atoms with Crippen LogP contribution in [0, 0.1) is 12.8 Å². The highest BCUT2D eigenvalue weighted by atomic mass is 32.2. The molecule has 1 aromatic heterocycles. The molecular formula is C28H37N7O5S. The number of piperidine rings is 1. The molecule has 0 aliphatic carbocycles. The fraction of sp³-hybridized carbons (Fsp3) is 0.429. The minimum Gasteiger partial charge on any atom is -0.497 e. The van der Waals surface area contributed by atoms with Gasteiger partial charge in [0.15, 0.2) is 11.5 Å². The molecule has 0 saturated carbocycles. The van der Waals surface area contributed by atoms with Gasteiger partial charge >= 0.3 is 6.09 Å². The van der Waals surface area contributed by atoms with Gasteiger partial charge in [0.1, 0.15) is 16.3 Å². The van der Waals surface area contributed by atoms with Crippen LogP contribution in [0.5, 0.6) is 5.75 Å². The molecule has 1 aliphatic heterocycles. The number of nitrogen functional groups attached to an aromatic ring is 1. The van der Waals surface area contributed by atoms with E-state index in [-0.39, 0.29) is 35.5 Å². The maximum absolute atomic E-state index is 13.8. The van der Waals surface area contributed by atoms with E-state index in [9.17, 15) is 13.2 Å². The van der Waals surface area contributed by atoms with Crippen LogP contribution in [0.2, 0.25) is 0 Å². The molecule has 1 aliphatic rings. The Kier molecular flexibility index (Phi) is 9.95. The first kappa shape index (κ1) is 30.0. The first-order chi connectivity index (χ1) is 19.7. The zero-order valence-corrected chi connectivity index (χ0v) is 24.4. The Hall–Kier alpha value is -3.97. The number of hydrogen-bond acceptors (Lipinski definition) is 9. The van der Waals surface area contributed by atoms with Gasteiger partial charge in [-0.2, -0.15) is 9.40 Å². The molecule has 2 heterocycles. The van der Waals surface area contributed by atoms with Crippen LogP contribution in [0.1, 0.15) is 38.3 Å². The summed E-state index contributed by atoms with van der Waals surface area (Å²) in [5.74, 6) is 0.592. The second-order valence-corrected chi connectivity index (χ2v) is 11.8. The van der Waals surface area contributed by atoms with Crippen molar-refractivity contribution in [2.24, 2.45) is 16.1 Å². The Bertz CT molecular complexity index is 1470. The molecule has 12 nitrogen and oxygen atoms in total. The van der Waals surface area contributed by atoms with Crippen molar-refractivity contribution >= 4 is 33.3 Å². The van der Waals surface area contributed by atoms with Crippen molar-refractivity contribution in [1.82, 2.24) is 19.4 Å². The fourth-order valence-corrected chi connectivity index (χ4v) is 6.24. The van der Waals surface area contributed by atoms with E-state index in [2.05, 4.69) is 20.6 Å². The van der Waals surface area contributed by atoms with Crippen LogP contribution in [0.15, 0.2) is 63.7 Å². The summed E-state index contributed by atoms with van der Waals surface area (Å²) in [6, 6.07) is 13.9. The summed E-state index contributed by atoms with van der Waals surface area (Å²) in [6.07, 6.45) is 2.75. The molecule has 0 radical (unpaired) electrons. The van der Waals surface area contributed by atoms with Gasteiger partial charge in [-0.3, -0.25) is 0 Å². The SMILES string of the molecule is CCCCNC(=O)OCC1CCCN(S(=O)(=O)c2ccc(OC)cc2N=Nc2c(C)nn(-c3ccccc3)c2N)C1. The third kappa shape index (κ3) is 7.22. The molecule has 0 spiro atoms. The molecule has 13 heteroatoms. The number of unbranched alkanes of at least 4 members (excludes halogenated alkanes) is 1. The summed E-state index contributed by atoms with van der Waals surface area (Å²) >= 11 is 0. The van der Waals surface area contributed by atoms with E-state index in [0.29, 0.717) is 36.6 Å². The van der Waals surface area contributed by atoms with E-state index < -0.39 is 16.1 Å². The molecule has 220 valence electrons. The Labute approximate surface area is 240 Å². The first-order valence-electron chi connectivity index (χ1n) is 13.7. The van der Waals surface area contributed by atoms with Crippen molar-refractivity contribution < 1.29 is 22.7 Å². The Morgan fingerprint density at radius 2 is 1.98 bits per heavy atom. The van der Waals surface area contributed by atoms with Crippen LogP contribution in [0.3, 0.4) is 0 Å². The largest absolute Gasteiger partial charge is 0.497 e. The molecular weight excluding hydrogens is 546 g/mol. The van der Waals surface area contributed by atoms with E-state index in [0.717, 1.165) is 24.9 Å². The molecule has 1 amide bonds. The number of nitrogens with zero attached hydrogens (tertiary/aromatic N) is 5. The normalized spacial score (nSPS) is 16.1. The molecule has 41 heavy (non-hydrogen) atoms. The number of ether oxygens (including phenoxy) is 2. The van der Waals surface area contributed by atoms with Crippen LogP contribution in [-0.4, -0.2) is 61.9 Å². The van der Waals surface area contributed by atoms with E-state index in [1.807, 2.05) is 37.3 Å². The van der Waals surface area contributed by atoms with Gasteiger partial charge in [-0.05, 0) is 50.5 Å². The second kappa shape index (κ2) is 13.6. The number of carbonyl (C=O) groups excluding carboxylic acids is 1. The summed E-state index contributed by atoms with van der Waals surface area (Å²) < 4.78 is 41.3. The highest BCUT2D eigenvalue weighted by Crippen LogP contribution is 2.36. The molecule has 1 atom stereocenters. The number of alkyl carbamates (subject to hydrolysis) is 1. The van der Waals surface area contributed by atoms with Crippen LogP contribution in [-0.2, 0) is 14.8 Å². The second-order valence-electron chi connectivity index (χ2n) is 9.85. The third-order valence-electron chi connectivity index (χ3n) is 6.84. The molecule has 4 rings (SSSR count). The lowest BCUT2D eigenvalue weighted by atomic mass is 10.0. The van der Waals surface area contributed by atoms with Gasteiger partial charge in [-0.1, -0.05) is 31.5 Å². The molecule has 2 aromatic carbocycles. The summed E-state index contributed by atoms with van der Waals surface area (Å²) in [6.45, 7) is 5.06. The number of hydrogen-bond donors (Lipinski definition) is 2. The maximum Gasteiger partial charge on any atom is 0.407 e.